The molecule has 7 nitrogen and oxygen atoms in total. The molecule has 0 aliphatic heterocycles. The minimum Gasteiger partial charge on any atom is -0.355 e. The van der Waals surface area contributed by atoms with E-state index in [0.29, 0.717) is 30.0 Å². The maximum atomic E-state index is 8.46. The van der Waals surface area contributed by atoms with Crippen LogP contribution in [0.25, 0.3) is 0 Å². The van der Waals surface area contributed by atoms with Crippen molar-refractivity contribution in [1.82, 2.24) is 20.6 Å². The van der Waals surface area contributed by atoms with Gasteiger partial charge in [-0.2, -0.15) is 5.26 Å². The maximum Gasteiger partial charge on any atom is 0.204 e. The molecule has 0 bridgehead atoms. The fraction of sp³-hybridized carbons (Fsp3) is 0.400. The second-order valence-electron chi connectivity index (χ2n) is 3.33. The van der Waals surface area contributed by atoms with E-state index in [9.17, 15) is 0 Å². The van der Waals surface area contributed by atoms with E-state index in [1.54, 1.807) is 19.4 Å². The zero-order chi connectivity index (χ0) is 13.4. The zero-order valence-electron chi connectivity index (χ0n) is 10.2. The highest BCUT2D eigenvalue weighted by Gasteiger charge is 2.07. The molecule has 0 unspecified atom stereocenters. The average Bonchev–Trinajstić information content (AvgIpc) is 2.38. The van der Waals surface area contributed by atoms with Crippen LogP contribution in [0, 0.1) is 11.5 Å². The van der Waals surface area contributed by atoms with Crippen molar-refractivity contribution < 1.29 is 0 Å². The summed E-state index contributed by atoms with van der Waals surface area (Å²) >= 11 is 5.92. The van der Waals surface area contributed by atoms with Crippen LogP contribution in [0.4, 0.5) is 5.82 Å². The van der Waals surface area contributed by atoms with E-state index in [1.807, 2.05) is 11.9 Å². The number of guanidine groups is 1. The Kier molecular flexibility index (Phi) is 5.67. The lowest BCUT2D eigenvalue weighted by atomic mass is 10.5. The summed E-state index contributed by atoms with van der Waals surface area (Å²) in [6, 6.07) is 0. The smallest absolute Gasteiger partial charge is 0.204 e. The fourth-order valence-corrected chi connectivity index (χ4v) is 1.50. The number of hydrogen-bond donors (Lipinski definition) is 2. The standard InChI is InChI=1S/C10H14ClN7/c1-13-10(17-7-12)16-5-6-18(2)9-8(11)14-3-4-15-9/h3-4H,5-6H2,1-2H3,(H2,13,16,17). The van der Waals surface area contributed by atoms with Crippen LogP contribution in [-0.4, -0.2) is 43.1 Å². The highest BCUT2D eigenvalue weighted by Crippen LogP contribution is 2.17. The summed E-state index contributed by atoms with van der Waals surface area (Å²) in [7, 11) is 3.45. The van der Waals surface area contributed by atoms with E-state index in [-0.39, 0.29) is 0 Å². The van der Waals surface area contributed by atoms with Crippen molar-refractivity contribution in [2.75, 3.05) is 32.1 Å². The van der Waals surface area contributed by atoms with Gasteiger partial charge in [-0.05, 0) is 0 Å². The van der Waals surface area contributed by atoms with Crippen molar-refractivity contribution in [3.05, 3.63) is 17.5 Å². The van der Waals surface area contributed by atoms with Gasteiger partial charge in [-0.25, -0.2) is 9.97 Å². The van der Waals surface area contributed by atoms with E-state index >= 15 is 0 Å². The number of aliphatic imine (C=N–C) groups is 1. The van der Waals surface area contributed by atoms with Crippen LogP contribution in [-0.2, 0) is 0 Å². The van der Waals surface area contributed by atoms with Gasteiger partial charge in [-0.15, -0.1) is 0 Å². The first kappa shape index (κ1) is 14.0. The first-order chi connectivity index (χ1) is 8.69. The van der Waals surface area contributed by atoms with Crippen LogP contribution in [0.1, 0.15) is 0 Å². The second-order valence-corrected chi connectivity index (χ2v) is 3.69. The zero-order valence-corrected chi connectivity index (χ0v) is 10.9. The molecule has 0 saturated heterocycles. The van der Waals surface area contributed by atoms with Crippen molar-refractivity contribution >= 4 is 23.4 Å². The number of halogens is 1. The second kappa shape index (κ2) is 7.29. The van der Waals surface area contributed by atoms with Crippen LogP contribution >= 0.6 is 11.6 Å². The van der Waals surface area contributed by atoms with E-state index < -0.39 is 0 Å². The van der Waals surface area contributed by atoms with Gasteiger partial charge in [-0.1, -0.05) is 11.6 Å². The molecule has 96 valence electrons. The van der Waals surface area contributed by atoms with E-state index in [2.05, 4.69) is 25.6 Å². The van der Waals surface area contributed by atoms with Crippen molar-refractivity contribution in [3.63, 3.8) is 0 Å². The van der Waals surface area contributed by atoms with Gasteiger partial charge in [-0.3, -0.25) is 10.3 Å². The molecular formula is C10H14ClN7. The number of hydrogen-bond acceptors (Lipinski definition) is 5. The number of nitrogens with one attached hydrogen (secondary N) is 2. The predicted octanol–water partition coefficient (Wildman–Crippen LogP) is 0.212. The van der Waals surface area contributed by atoms with E-state index in [1.165, 1.54) is 6.20 Å². The van der Waals surface area contributed by atoms with Crippen molar-refractivity contribution in [2.45, 2.75) is 0 Å². The maximum absolute atomic E-state index is 8.46. The Morgan fingerprint density at radius 2 is 2.28 bits per heavy atom. The third-order valence-electron chi connectivity index (χ3n) is 2.14. The summed E-state index contributed by atoms with van der Waals surface area (Å²) in [5, 5.41) is 14.2. The molecule has 0 amide bonds. The number of rotatable bonds is 4. The highest BCUT2D eigenvalue weighted by atomic mass is 35.5. The Labute approximate surface area is 111 Å². The Morgan fingerprint density at radius 3 is 2.89 bits per heavy atom. The summed E-state index contributed by atoms with van der Waals surface area (Å²) in [6.07, 6.45) is 4.92. The van der Waals surface area contributed by atoms with Gasteiger partial charge >= 0.3 is 0 Å². The molecule has 0 spiro atoms. The molecule has 8 heteroatoms. The minimum atomic E-state index is 0.361. The number of aromatic nitrogens is 2. The summed E-state index contributed by atoms with van der Waals surface area (Å²) in [5.41, 5.74) is 0. The van der Waals surface area contributed by atoms with E-state index in [0.717, 1.165) is 0 Å². The first-order valence-corrected chi connectivity index (χ1v) is 5.60. The number of likely N-dealkylation sites (N-methyl/N-ethyl adjacent to an activating group) is 1. The molecule has 0 fully saturated rings. The molecule has 1 aromatic rings. The minimum absolute atomic E-state index is 0.361. The predicted molar refractivity (Wildman–Crippen MR) is 70.4 cm³/mol. The highest BCUT2D eigenvalue weighted by molar-refractivity contribution is 6.31. The monoisotopic (exact) mass is 267 g/mol. The lowest BCUT2D eigenvalue weighted by Crippen LogP contribution is -2.39. The molecule has 0 aliphatic carbocycles. The van der Waals surface area contributed by atoms with Crippen LogP contribution in [0.2, 0.25) is 5.15 Å². The lowest BCUT2D eigenvalue weighted by Gasteiger charge is -2.19. The van der Waals surface area contributed by atoms with Crippen molar-refractivity contribution in [2.24, 2.45) is 4.99 Å². The fourth-order valence-electron chi connectivity index (χ4n) is 1.25. The molecule has 1 heterocycles. The summed E-state index contributed by atoms with van der Waals surface area (Å²) in [4.78, 5) is 13.8. The molecule has 1 rings (SSSR count). The SMILES string of the molecule is CN=C(NC#N)NCCN(C)c1nccnc1Cl. The Balaban J connectivity index is 2.45. The first-order valence-electron chi connectivity index (χ1n) is 5.22. The molecule has 2 N–H and O–H groups in total. The molecule has 0 aliphatic rings. The van der Waals surface area contributed by atoms with Gasteiger partial charge in [0.25, 0.3) is 0 Å². The lowest BCUT2D eigenvalue weighted by molar-refractivity contribution is 0.797. The van der Waals surface area contributed by atoms with E-state index in [4.69, 9.17) is 16.9 Å². The quantitative estimate of drug-likeness (QED) is 0.351. The molecule has 18 heavy (non-hydrogen) atoms. The number of anilines is 1. The average molecular weight is 268 g/mol. The van der Waals surface area contributed by atoms with Gasteiger partial charge < -0.3 is 10.2 Å². The molecular weight excluding hydrogens is 254 g/mol. The summed E-state index contributed by atoms with van der Waals surface area (Å²) in [5.74, 6) is 1.04. The van der Waals surface area contributed by atoms with Gasteiger partial charge in [0.1, 0.15) is 0 Å². The molecule has 0 aromatic carbocycles. The van der Waals surface area contributed by atoms with Crippen molar-refractivity contribution in [1.29, 1.82) is 5.26 Å². The molecule has 1 aromatic heterocycles. The van der Waals surface area contributed by atoms with Gasteiger partial charge in [0.2, 0.25) is 5.96 Å². The largest absolute Gasteiger partial charge is 0.355 e. The van der Waals surface area contributed by atoms with Gasteiger partial charge in [0.15, 0.2) is 17.2 Å². The van der Waals surface area contributed by atoms with Gasteiger partial charge in [0.05, 0.1) is 0 Å². The van der Waals surface area contributed by atoms with Crippen LogP contribution in [0.3, 0.4) is 0 Å². The molecule has 0 radical (unpaired) electrons. The molecule has 0 saturated carbocycles. The van der Waals surface area contributed by atoms with Crippen LogP contribution < -0.4 is 15.5 Å². The molecule has 0 atom stereocenters. The number of nitrogens with zero attached hydrogens (tertiary/aromatic N) is 5. The third-order valence-corrected chi connectivity index (χ3v) is 2.40. The number of nitriles is 1. The third kappa shape index (κ3) is 4.07. The Hall–Kier alpha value is -2.07. The normalized spacial score (nSPS) is 10.7. The van der Waals surface area contributed by atoms with Crippen LogP contribution in [0.5, 0.6) is 0 Å². The van der Waals surface area contributed by atoms with Crippen molar-refractivity contribution in [3.8, 4) is 6.19 Å². The summed E-state index contributed by atoms with van der Waals surface area (Å²) < 4.78 is 0. The van der Waals surface area contributed by atoms with Crippen LogP contribution in [0.15, 0.2) is 17.4 Å². The summed E-state index contributed by atoms with van der Waals surface area (Å²) in [6.45, 7) is 1.23. The Bertz CT molecular complexity index is 454. The van der Waals surface area contributed by atoms with Gasteiger partial charge in [0, 0.05) is 39.6 Å². The Morgan fingerprint density at radius 1 is 1.56 bits per heavy atom. The topological polar surface area (TPSA) is 89.2 Å².